The number of aliphatic hydroxyl groups excluding tert-OH is 1. The Hall–Kier alpha value is -1.91. The molecule has 152 valence electrons. The van der Waals surface area contributed by atoms with Crippen LogP contribution < -0.4 is 0 Å². The van der Waals surface area contributed by atoms with Crippen LogP contribution in [0.3, 0.4) is 0 Å². The standard InChI is InChI=1S/C24H32O4/c1-17(18-9-5-4-6-10-18)21(25)14-13-20-19(22-15-16-23(20)28-22)11-7-2-3-8-12-24(26)27/h2,4-7,9-10,13-14,17,19-23,25H,3,8,11-12,15-16H2,1H3,(H,26,27)/b7-2+,14-13+/t17?,19-,20-,21?,22-,23+/m0/s1. The highest BCUT2D eigenvalue weighted by Gasteiger charge is 2.46. The Bertz CT molecular complexity index is 681. The van der Waals surface area contributed by atoms with E-state index < -0.39 is 12.1 Å². The molecular weight excluding hydrogens is 352 g/mol. The van der Waals surface area contributed by atoms with E-state index >= 15 is 0 Å². The Labute approximate surface area is 167 Å². The zero-order valence-corrected chi connectivity index (χ0v) is 16.6. The molecule has 28 heavy (non-hydrogen) atoms. The summed E-state index contributed by atoms with van der Waals surface area (Å²) in [5.41, 5.74) is 1.14. The largest absolute Gasteiger partial charge is 0.481 e. The Kier molecular flexibility index (Phi) is 7.46. The number of aliphatic carboxylic acids is 1. The van der Waals surface area contributed by atoms with Gasteiger partial charge in [0.1, 0.15) is 0 Å². The molecule has 0 radical (unpaired) electrons. The van der Waals surface area contributed by atoms with Gasteiger partial charge in [-0.2, -0.15) is 0 Å². The predicted molar refractivity (Wildman–Crippen MR) is 110 cm³/mol. The Balaban J connectivity index is 1.54. The first-order valence-electron chi connectivity index (χ1n) is 10.5. The first-order valence-corrected chi connectivity index (χ1v) is 10.5. The van der Waals surface area contributed by atoms with Crippen molar-refractivity contribution in [2.45, 2.75) is 69.7 Å². The molecule has 0 amide bonds. The number of unbranched alkanes of at least 4 members (excludes halogenated alkanes) is 1. The lowest BCUT2D eigenvalue weighted by Crippen LogP contribution is -2.26. The Morgan fingerprint density at radius 2 is 1.96 bits per heavy atom. The van der Waals surface area contributed by atoms with Crippen LogP contribution in [0.4, 0.5) is 0 Å². The van der Waals surface area contributed by atoms with Crippen molar-refractivity contribution in [2.75, 3.05) is 0 Å². The summed E-state index contributed by atoms with van der Waals surface area (Å²) in [5, 5.41) is 19.3. The van der Waals surface area contributed by atoms with E-state index in [1.807, 2.05) is 24.3 Å². The molecule has 2 unspecified atom stereocenters. The minimum atomic E-state index is -0.733. The summed E-state index contributed by atoms with van der Waals surface area (Å²) in [4.78, 5) is 10.6. The summed E-state index contributed by atoms with van der Waals surface area (Å²) in [5.74, 6) is 0.123. The molecule has 2 bridgehead atoms. The van der Waals surface area contributed by atoms with Crippen LogP contribution >= 0.6 is 0 Å². The molecule has 2 N–H and O–H groups in total. The number of hydrogen-bond acceptors (Lipinski definition) is 3. The summed E-state index contributed by atoms with van der Waals surface area (Å²) < 4.78 is 6.14. The molecule has 4 nitrogen and oxygen atoms in total. The van der Waals surface area contributed by atoms with E-state index in [2.05, 4.69) is 37.3 Å². The van der Waals surface area contributed by atoms with Crippen LogP contribution in [0, 0.1) is 11.8 Å². The van der Waals surface area contributed by atoms with Crippen molar-refractivity contribution in [3.63, 3.8) is 0 Å². The maximum Gasteiger partial charge on any atom is 0.303 e. The van der Waals surface area contributed by atoms with Gasteiger partial charge < -0.3 is 14.9 Å². The molecule has 0 spiro atoms. The number of rotatable bonds is 10. The maximum absolute atomic E-state index is 10.6. The van der Waals surface area contributed by atoms with Gasteiger partial charge in [0.05, 0.1) is 18.3 Å². The van der Waals surface area contributed by atoms with Crippen molar-refractivity contribution < 1.29 is 19.7 Å². The van der Waals surface area contributed by atoms with Gasteiger partial charge >= 0.3 is 5.97 Å². The maximum atomic E-state index is 10.6. The van der Waals surface area contributed by atoms with Gasteiger partial charge in [-0.25, -0.2) is 0 Å². The van der Waals surface area contributed by atoms with Crippen LogP contribution in [0.15, 0.2) is 54.6 Å². The van der Waals surface area contributed by atoms with Gasteiger partial charge in [0.25, 0.3) is 0 Å². The molecule has 3 rings (SSSR count). The van der Waals surface area contributed by atoms with E-state index in [0.717, 1.165) is 31.2 Å². The molecule has 2 saturated heterocycles. The highest BCUT2D eigenvalue weighted by molar-refractivity contribution is 5.66. The number of ether oxygens (including phenoxy) is 1. The van der Waals surface area contributed by atoms with E-state index in [1.165, 1.54) is 0 Å². The molecule has 2 aliphatic heterocycles. The predicted octanol–water partition coefficient (Wildman–Crippen LogP) is 4.70. The average molecular weight is 385 g/mol. The monoisotopic (exact) mass is 384 g/mol. The first-order chi connectivity index (χ1) is 13.6. The van der Waals surface area contributed by atoms with Gasteiger partial charge in [-0.15, -0.1) is 0 Å². The van der Waals surface area contributed by atoms with Crippen LogP contribution in [0.5, 0.6) is 0 Å². The fraction of sp³-hybridized carbons (Fsp3) is 0.542. The second-order valence-corrected chi connectivity index (χ2v) is 8.10. The third-order valence-corrected chi connectivity index (χ3v) is 6.19. The molecule has 4 heteroatoms. The number of fused-ring (bicyclic) bond motifs is 2. The van der Waals surface area contributed by atoms with Crippen molar-refractivity contribution in [3.8, 4) is 0 Å². The lowest BCUT2D eigenvalue weighted by atomic mass is 9.77. The van der Waals surface area contributed by atoms with Gasteiger partial charge in [0.2, 0.25) is 0 Å². The minimum absolute atomic E-state index is 0.0598. The summed E-state index contributed by atoms with van der Waals surface area (Å²) in [7, 11) is 0. The zero-order valence-electron chi connectivity index (χ0n) is 16.6. The molecule has 0 saturated carbocycles. The van der Waals surface area contributed by atoms with Crippen LogP contribution in [-0.4, -0.2) is 34.5 Å². The van der Waals surface area contributed by atoms with E-state index in [0.29, 0.717) is 24.4 Å². The fourth-order valence-electron chi connectivity index (χ4n) is 4.49. The normalized spacial score (nSPS) is 28.9. The SMILES string of the molecule is CC(c1ccccc1)C(O)/C=C/[C@H]1[C@H](C/C=C/CCCC(=O)O)[C@@H]2CC[C@H]1O2. The number of hydrogen-bond donors (Lipinski definition) is 2. The van der Waals surface area contributed by atoms with Crippen LogP contribution in [0.25, 0.3) is 0 Å². The van der Waals surface area contributed by atoms with Gasteiger partial charge in [0.15, 0.2) is 0 Å². The van der Waals surface area contributed by atoms with E-state index in [1.54, 1.807) is 0 Å². The molecule has 6 atom stereocenters. The molecule has 0 aromatic heterocycles. The van der Waals surface area contributed by atoms with Gasteiger partial charge in [-0.05, 0) is 43.6 Å². The highest BCUT2D eigenvalue weighted by Crippen LogP contribution is 2.46. The molecule has 2 aliphatic rings. The van der Waals surface area contributed by atoms with E-state index in [-0.39, 0.29) is 18.4 Å². The number of carbonyl (C=O) groups is 1. The number of aliphatic hydroxyl groups is 1. The lowest BCUT2D eigenvalue weighted by molar-refractivity contribution is -0.137. The number of allylic oxidation sites excluding steroid dienone is 2. The molecule has 2 heterocycles. The quantitative estimate of drug-likeness (QED) is 0.453. The molecule has 1 aromatic carbocycles. The van der Waals surface area contributed by atoms with Gasteiger partial charge in [-0.1, -0.05) is 61.6 Å². The van der Waals surface area contributed by atoms with Crippen molar-refractivity contribution in [1.82, 2.24) is 0 Å². The van der Waals surface area contributed by atoms with E-state index in [4.69, 9.17) is 9.84 Å². The second-order valence-electron chi connectivity index (χ2n) is 8.10. The minimum Gasteiger partial charge on any atom is -0.481 e. The average Bonchev–Trinajstić information content (AvgIpc) is 3.30. The summed E-state index contributed by atoms with van der Waals surface area (Å²) in [6.07, 6.45) is 13.4. The van der Waals surface area contributed by atoms with Crippen LogP contribution in [0.1, 0.15) is 56.9 Å². The number of carboxylic acids is 1. The Morgan fingerprint density at radius 3 is 2.71 bits per heavy atom. The third-order valence-electron chi connectivity index (χ3n) is 6.19. The lowest BCUT2D eigenvalue weighted by Gasteiger charge is -2.25. The Morgan fingerprint density at radius 1 is 1.21 bits per heavy atom. The number of carboxylic acid groups (broad SMARTS) is 1. The zero-order chi connectivity index (χ0) is 19.9. The van der Waals surface area contributed by atoms with Crippen molar-refractivity contribution >= 4 is 5.97 Å². The van der Waals surface area contributed by atoms with Crippen molar-refractivity contribution in [3.05, 3.63) is 60.2 Å². The first kappa shape index (κ1) is 20.8. The smallest absolute Gasteiger partial charge is 0.303 e. The van der Waals surface area contributed by atoms with Crippen LogP contribution in [0.2, 0.25) is 0 Å². The fourth-order valence-corrected chi connectivity index (χ4v) is 4.49. The highest BCUT2D eigenvalue weighted by atomic mass is 16.5. The molecular formula is C24H32O4. The molecule has 0 aliphatic carbocycles. The summed E-state index contributed by atoms with van der Waals surface area (Å²) >= 11 is 0. The molecule has 1 aromatic rings. The van der Waals surface area contributed by atoms with Crippen molar-refractivity contribution in [1.29, 1.82) is 0 Å². The van der Waals surface area contributed by atoms with Gasteiger partial charge in [-0.3, -0.25) is 4.79 Å². The van der Waals surface area contributed by atoms with E-state index in [9.17, 15) is 9.90 Å². The topological polar surface area (TPSA) is 66.8 Å². The number of benzene rings is 1. The van der Waals surface area contributed by atoms with Crippen molar-refractivity contribution in [2.24, 2.45) is 11.8 Å². The summed E-state index contributed by atoms with van der Waals surface area (Å²) in [6, 6.07) is 10.1. The third kappa shape index (κ3) is 5.33. The second kappa shape index (κ2) is 10.0. The van der Waals surface area contributed by atoms with Gasteiger partial charge in [0, 0.05) is 18.3 Å². The van der Waals surface area contributed by atoms with Crippen LogP contribution in [-0.2, 0) is 9.53 Å². The molecule has 2 fully saturated rings. The summed E-state index contributed by atoms with van der Waals surface area (Å²) in [6.45, 7) is 2.05.